The highest BCUT2D eigenvalue weighted by Crippen LogP contribution is 2.27. The molecule has 0 saturated carbocycles. The second kappa shape index (κ2) is 51.0. The van der Waals surface area contributed by atoms with Gasteiger partial charge in [-0.15, -0.1) is 0 Å². The fraction of sp³-hybridized carbons (Fsp3) is 0.614. The van der Waals surface area contributed by atoms with Crippen LogP contribution in [0, 0.1) is 17.8 Å². The molecule has 2 aliphatic rings. The first kappa shape index (κ1) is 102. The lowest BCUT2D eigenvalue weighted by atomic mass is 9.85. The van der Waals surface area contributed by atoms with Gasteiger partial charge in [0.15, 0.2) is 11.7 Å². The minimum absolute atomic E-state index is 0.00815. The summed E-state index contributed by atoms with van der Waals surface area (Å²) in [5.41, 5.74) is 32.4. The van der Waals surface area contributed by atoms with Gasteiger partial charge >= 0.3 is 0 Å². The highest BCUT2D eigenvalue weighted by Gasteiger charge is 2.45. The molecule has 0 aliphatic carbocycles. The highest BCUT2D eigenvalue weighted by atomic mass is 16.3. The second-order valence-electron chi connectivity index (χ2n) is 34.3. The van der Waals surface area contributed by atoms with Crippen molar-refractivity contribution in [3.63, 3.8) is 0 Å². The van der Waals surface area contributed by atoms with Crippen molar-refractivity contribution in [1.82, 2.24) is 69.2 Å². The van der Waals surface area contributed by atoms with Crippen molar-refractivity contribution in [3.05, 3.63) is 96.2 Å². The van der Waals surface area contributed by atoms with Crippen LogP contribution in [0.1, 0.15) is 235 Å². The van der Waals surface area contributed by atoms with Crippen molar-refractivity contribution < 1.29 is 77.0 Å². The first-order valence-electron chi connectivity index (χ1n) is 43.0. The van der Waals surface area contributed by atoms with Gasteiger partial charge in [-0.2, -0.15) is 0 Å². The lowest BCUT2D eigenvalue weighted by Gasteiger charge is -2.37. The van der Waals surface area contributed by atoms with Gasteiger partial charge in [0.1, 0.15) is 47.6 Å². The zero-order chi connectivity index (χ0) is 90.4. The molecule has 3 heterocycles. The van der Waals surface area contributed by atoms with Gasteiger partial charge in [0.25, 0.3) is 0 Å². The van der Waals surface area contributed by atoms with Gasteiger partial charge in [0.2, 0.25) is 76.3 Å². The molecule has 9 amide bonds. The molecule has 122 heavy (non-hydrogen) atoms. The Morgan fingerprint density at radius 2 is 1.00 bits per heavy atom. The highest BCUT2D eigenvalue weighted by molar-refractivity contribution is 6.42. The summed E-state index contributed by atoms with van der Waals surface area (Å²) in [6.45, 7) is 17.8. The van der Waals surface area contributed by atoms with Crippen LogP contribution in [-0.4, -0.2) is 194 Å². The van der Waals surface area contributed by atoms with E-state index in [1.165, 1.54) is 20.8 Å². The monoisotopic (exact) mass is 1700 g/mol. The average molecular weight is 1700 g/mol. The molecule has 0 radical (unpaired) electrons. The van der Waals surface area contributed by atoms with Crippen molar-refractivity contribution >= 4 is 105 Å². The maximum atomic E-state index is 16.2. The summed E-state index contributed by atoms with van der Waals surface area (Å²) in [6.07, 6.45) is 10.9. The van der Waals surface area contributed by atoms with Gasteiger partial charge in [-0.05, 0) is 192 Å². The molecule has 0 bridgehead atoms. The number of carbonyl (C=O) groups excluding carboxylic acids is 15. The zero-order valence-electron chi connectivity index (χ0n) is 73.0. The second-order valence-corrected chi connectivity index (χ2v) is 34.3. The standard InChI is InChI=1S/C88H136N18O16/c1-53(2)45-65-74(112)75(113)66(46-54(3)4)103-105-86(10,58(9)109)40-28-19-15-13-12-14-16-21-30-42-88(43-31-22-18-17-20-29-41-87(11,95-51-56(7)107)83(121)100-64(38-39-71(89)110)79(117)102-73(57(8)108)77(115)76(114)67(104-106-88)48-59-33-24-23-25-34-59)84(122)101-70(50-72(90)111)82(120)98-68(47-55(5)6)80(118)99-69(49-60-52-94-62-36-27-26-35-61(60)62)81(119)96-63(78(116)97-65)37-32-44-93-85(91)92/h14,16-18,23-27,33-36,52-55,57,63-70,73,94-95,103-106,108H,12-13,15,19-22,28-32,37-51H2,1-11H3,(H2,89,110)(H2,90,111)(H,96,119)(H,97,116)(H,98,120)(H,99,118)(H,100,121)(H,101,122)(H,102,117)(H4,91,92,93)/b16-14?,18-17-/t57-,63?,64+,65+,66+,67+,68?,69+,70+,73+,86+,87-,88-/m1/s1. The molecule has 674 valence electrons. The number of amides is 9. The van der Waals surface area contributed by atoms with Gasteiger partial charge in [-0.1, -0.05) is 134 Å². The summed E-state index contributed by atoms with van der Waals surface area (Å²) in [6, 6.07) is 1.45. The molecule has 5 rings (SSSR count). The largest absolute Gasteiger partial charge is 0.391 e. The van der Waals surface area contributed by atoms with Crippen LogP contribution in [0.25, 0.3) is 10.9 Å². The minimum Gasteiger partial charge on any atom is -0.391 e. The van der Waals surface area contributed by atoms with Crippen molar-refractivity contribution in [3.8, 4) is 0 Å². The smallest absolute Gasteiger partial charge is 0.243 e. The maximum absolute atomic E-state index is 16.2. The molecule has 0 fully saturated rings. The quantitative estimate of drug-likeness (QED) is 0.0201. The zero-order valence-corrected chi connectivity index (χ0v) is 73.0. The molecule has 13 atom stereocenters. The number of fused-ring (bicyclic) bond motifs is 1. The number of hydrogen-bond donors (Lipinski definition) is 18. The summed E-state index contributed by atoms with van der Waals surface area (Å²) in [5.74, 6) is -14.3. The molecule has 0 saturated heterocycles. The van der Waals surface area contributed by atoms with E-state index in [0.717, 1.165) is 19.8 Å². The summed E-state index contributed by atoms with van der Waals surface area (Å²) in [4.78, 5) is 225. The molecule has 1 aromatic heterocycles. The Kier molecular flexibility index (Phi) is 42.7. The number of aliphatic hydroxyl groups is 1. The van der Waals surface area contributed by atoms with Crippen molar-refractivity contribution in [2.75, 3.05) is 13.1 Å². The van der Waals surface area contributed by atoms with E-state index in [0.29, 0.717) is 73.4 Å². The van der Waals surface area contributed by atoms with E-state index in [9.17, 15) is 48.3 Å². The lowest BCUT2D eigenvalue weighted by Crippen LogP contribution is -2.67. The molecule has 3 aromatic rings. The van der Waals surface area contributed by atoms with E-state index >= 15 is 28.8 Å². The number of aromatic nitrogens is 1. The number of hydrazine groups is 2. The number of aliphatic imine (C=N–C) groups is 1. The number of para-hydroxylation sites is 1. The van der Waals surface area contributed by atoms with Crippen LogP contribution < -0.4 is 87.2 Å². The minimum atomic E-state index is -1.99. The maximum Gasteiger partial charge on any atom is 0.243 e. The van der Waals surface area contributed by atoms with E-state index in [2.05, 4.69) is 74.2 Å². The van der Waals surface area contributed by atoms with Crippen molar-refractivity contribution in [2.24, 2.45) is 45.7 Å². The van der Waals surface area contributed by atoms with Crippen LogP contribution in [0.5, 0.6) is 0 Å². The molecule has 22 N–H and O–H groups in total. The van der Waals surface area contributed by atoms with Gasteiger partial charge in [0.05, 0.1) is 48.3 Å². The molecular weight excluding hydrogens is 1570 g/mol. The predicted octanol–water partition coefficient (Wildman–Crippen LogP) is 3.28. The number of hydrogen-bond acceptors (Lipinski definition) is 22. The first-order chi connectivity index (χ1) is 57.7. The van der Waals surface area contributed by atoms with Gasteiger partial charge < -0.3 is 70.2 Å². The number of rotatable bonds is 24. The number of guanidine groups is 1. The molecule has 2 aliphatic heterocycles. The fourth-order valence-electron chi connectivity index (χ4n) is 14.8. The third kappa shape index (κ3) is 34.2. The van der Waals surface area contributed by atoms with E-state index in [4.69, 9.17) is 22.9 Å². The number of nitrogens with one attached hydrogen (secondary N) is 13. The van der Waals surface area contributed by atoms with Gasteiger partial charge in [0, 0.05) is 36.5 Å². The summed E-state index contributed by atoms with van der Waals surface area (Å²) >= 11 is 0. The SMILES string of the molecule is CC(=O)CN[C@]1(C)CCC/C=C\CCC[C@@]2(CCCC=CCCCCCC[C@@](C)(C(C)=O)NN[C@@H](CC(C)C)C(=O)C(=O)[C@H](CC(C)C)NC(=O)C(CCCN=C(N)N)NC(=O)[C@H](Cc3c[nH]c4ccccc34)NC(=O)C(CC(C)C)NC(=O)[C@H](CC(N)=O)NC2=O)NN[C@@H](Cc2ccccc2)C(=O)C(=O)[C@H]([C@@H](C)O)NC(=O)[C@H](CCC(N)=O)NC1=O. The van der Waals surface area contributed by atoms with E-state index in [1.807, 2.05) is 38.2 Å². The number of allylic oxidation sites excluding steroid dienone is 4. The molecule has 1 spiro atoms. The van der Waals surface area contributed by atoms with Crippen LogP contribution in [0.3, 0.4) is 0 Å². The predicted molar refractivity (Wildman–Crippen MR) is 464 cm³/mol. The summed E-state index contributed by atoms with van der Waals surface area (Å²) in [5, 5.41) is 34.1. The van der Waals surface area contributed by atoms with E-state index in [-0.39, 0.29) is 132 Å². The lowest BCUT2D eigenvalue weighted by molar-refractivity contribution is -0.143. The summed E-state index contributed by atoms with van der Waals surface area (Å²) < 4.78 is 0. The topological polar surface area (TPSA) is 553 Å². The number of Topliss-reactive ketones (excluding diaryl/α,β-unsaturated/α-hetero) is 6. The Morgan fingerprint density at radius 3 is 1.60 bits per heavy atom. The Morgan fingerprint density at radius 1 is 0.500 bits per heavy atom. The molecule has 2 aromatic carbocycles. The molecule has 34 heteroatoms. The average Bonchev–Trinajstić information content (AvgIpc) is 1.40. The fourth-order valence-corrected chi connectivity index (χ4v) is 14.8. The Bertz CT molecular complexity index is 4140. The number of primary amides is 2. The van der Waals surface area contributed by atoms with Crippen LogP contribution in [0.4, 0.5) is 0 Å². The Balaban J connectivity index is 1.72. The number of benzene rings is 2. The number of nitrogens with zero attached hydrogens (tertiary/aromatic N) is 1. The van der Waals surface area contributed by atoms with Gasteiger partial charge in [-0.25, -0.2) is 21.7 Å². The number of ketones is 6. The first-order valence-corrected chi connectivity index (χ1v) is 43.0. The van der Waals surface area contributed by atoms with E-state index < -0.39 is 166 Å². The van der Waals surface area contributed by atoms with Crippen LogP contribution in [0.15, 0.2) is 90.1 Å². The van der Waals surface area contributed by atoms with Crippen molar-refractivity contribution in [1.29, 1.82) is 0 Å². The van der Waals surface area contributed by atoms with Gasteiger partial charge in [-0.3, -0.25) is 82.2 Å². The number of carbonyl (C=O) groups is 15. The number of nitrogens with two attached hydrogens (primary N) is 4. The Labute approximate surface area is 716 Å². The van der Waals surface area contributed by atoms with Crippen LogP contribution in [-0.2, 0) is 84.8 Å². The third-order valence-corrected chi connectivity index (χ3v) is 22.1. The number of aromatic amines is 1. The Hall–Kier alpha value is -10.3. The number of aliphatic hydroxyl groups excluding tert-OH is 1. The summed E-state index contributed by atoms with van der Waals surface area (Å²) in [7, 11) is 0. The molecular formula is C88H136N18O16. The normalized spacial score (nSPS) is 26.5. The molecule has 34 nitrogen and oxygen atoms in total. The van der Waals surface area contributed by atoms with E-state index in [1.54, 1.807) is 95.4 Å². The third-order valence-electron chi connectivity index (χ3n) is 22.1. The van der Waals surface area contributed by atoms with Crippen LogP contribution in [0.2, 0.25) is 0 Å². The van der Waals surface area contributed by atoms with Crippen LogP contribution >= 0.6 is 0 Å². The van der Waals surface area contributed by atoms with Crippen molar-refractivity contribution in [2.45, 2.75) is 314 Å². The number of H-pyrrole nitrogens is 1. The molecule has 2 unspecified atom stereocenters.